The topological polar surface area (TPSA) is 179 Å². The molecule has 6 N–H and O–H groups in total. The molecular formula is C42H42BBrN10O2. The fourth-order valence-electron chi connectivity index (χ4n) is 6.14. The van der Waals surface area contributed by atoms with Crippen molar-refractivity contribution in [1.29, 1.82) is 0 Å². The average Bonchev–Trinajstić information content (AvgIpc) is 3.82. The van der Waals surface area contributed by atoms with Crippen molar-refractivity contribution in [3.8, 4) is 33.8 Å². The third-order valence-electron chi connectivity index (χ3n) is 9.66. The summed E-state index contributed by atoms with van der Waals surface area (Å²) in [6, 6.07) is 31.8. The Hall–Kier alpha value is -5.96. The van der Waals surface area contributed by atoms with Crippen molar-refractivity contribution in [3.05, 3.63) is 126 Å². The molecule has 12 nitrogen and oxygen atoms in total. The smallest absolute Gasteiger partial charge is 0.399 e. The van der Waals surface area contributed by atoms with E-state index in [1.54, 1.807) is 6.20 Å². The zero-order chi connectivity index (χ0) is 39.6. The first-order chi connectivity index (χ1) is 26.8. The van der Waals surface area contributed by atoms with Crippen molar-refractivity contribution in [2.75, 3.05) is 11.5 Å². The maximum absolute atomic E-state index is 6.05. The predicted molar refractivity (Wildman–Crippen MR) is 228 cm³/mol. The van der Waals surface area contributed by atoms with Crippen LogP contribution in [0.2, 0.25) is 0 Å². The number of nitrogen functional groups attached to an aromatic ring is 2. The van der Waals surface area contributed by atoms with Crippen LogP contribution in [0.4, 0.5) is 11.6 Å². The van der Waals surface area contributed by atoms with E-state index in [0.717, 1.165) is 73.0 Å². The fraction of sp³-hybridized carbons (Fsp3) is 0.190. The molecular weight excluding hydrogens is 767 g/mol. The van der Waals surface area contributed by atoms with Gasteiger partial charge in [0.15, 0.2) is 0 Å². The Kier molecular flexibility index (Phi) is 10.7. The third kappa shape index (κ3) is 8.32. The third-order valence-corrected chi connectivity index (χ3v) is 10.2. The normalized spacial score (nSPS) is 14.2. The standard InChI is InChI=1S/C18H15N5.C14H19BN2O2.C10H8BrN3/c1-11-21-14-8-7-13(9-15(14)22-11)17-18(23-16(19)10-20-17)12-5-3-2-4-6-12;1-9-16-11-7-6-10(8-12(11)17-9)15-18-13(2,3)14(4,5)19-15;11-10-9(14-8(12)6-13-10)7-4-2-1-3-5-7/h2-10H,1H3,(H2,19,23)(H,21,22);6-8H,1-5H3,(H,16,17);1-6H,(H2,12,14). The molecule has 4 aromatic carbocycles. The van der Waals surface area contributed by atoms with Gasteiger partial charge in [0.05, 0.1) is 57.1 Å². The summed E-state index contributed by atoms with van der Waals surface area (Å²) >= 11 is 3.34. The molecule has 282 valence electrons. The van der Waals surface area contributed by atoms with Gasteiger partial charge >= 0.3 is 7.12 Å². The van der Waals surface area contributed by atoms with E-state index in [4.69, 9.17) is 20.8 Å². The summed E-state index contributed by atoms with van der Waals surface area (Å²) in [6.45, 7) is 12.1. The number of hydrogen-bond acceptors (Lipinski definition) is 10. The van der Waals surface area contributed by atoms with Gasteiger partial charge in [0.2, 0.25) is 0 Å². The van der Waals surface area contributed by atoms with E-state index in [2.05, 4.69) is 89.6 Å². The maximum Gasteiger partial charge on any atom is 0.494 e. The van der Waals surface area contributed by atoms with Gasteiger partial charge in [-0.15, -0.1) is 0 Å². The van der Waals surface area contributed by atoms with Crippen molar-refractivity contribution in [2.24, 2.45) is 0 Å². The Morgan fingerprint density at radius 2 is 1.07 bits per heavy atom. The first-order valence-corrected chi connectivity index (χ1v) is 18.9. The van der Waals surface area contributed by atoms with E-state index >= 15 is 0 Å². The summed E-state index contributed by atoms with van der Waals surface area (Å²) < 4.78 is 12.8. The molecule has 0 bridgehead atoms. The van der Waals surface area contributed by atoms with Gasteiger partial charge in [0.1, 0.15) is 33.6 Å². The lowest BCUT2D eigenvalue weighted by Gasteiger charge is -2.32. The van der Waals surface area contributed by atoms with Crippen molar-refractivity contribution in [3.63, 3.8) is 0 Å². The second-order valence-electron chi connectivity index (χ2n) is 14.4. The van der Waals surface area contributed by atoms with Gasteiger partial charge in [-0.05, 0) is 87.2 Å². The summed E-state index contributed by atoms with van der Waals surface area (Å²) in [6.07, 6.45) is 3.11. The number of nitrogens with one attached hydrogen (secondary N) is 2. The van der Waals surface area contributed by atoms with Gasteiger partial charge in [-0.3, -0.25) is 4.98 Å². The van der Waals surface area contributed by atoms with E-state index in [9.17, 15) is 0 Å². The molecule has 0 radical (unpaired) electrons. The molecule has 9 rings (SSSR count). The van der Waals surface area contributed by atoms with Gasteiger partial charge < -0.3 is 30.7 Å². The Morgan fingerprint density at radius 1 is 0.571 bits per heavy atom. The monoisotopic (exact) mass is 808 g/mol. The van der Waals surface area contributed by atoms with Gasteiger partial charge in [0, 0.05) is 16.7 Å². The number of anilines is 2. The molecule has 0 atom stereocenters. The van der Waals surface area contributed by atoms with Crippen LogP contribution in [0.15, 0.2) is 114 Å². The number of nitrogens with zero attached hydrogens (tertiary/aromatic N) is 6. The lowest BCUT2D eigenvalue weighted by molar-refractivity contribution is 0.00578. The quantitative estimate of drug-likeness (QED) is 0.127. The first kappa shape index (κ1) is 38.3. The second-order valence-corrected chi connectivity index (χ2v) is 15.2. The molecule has 8 aromatic rings. The molecule has 14 heteroatoms. The maximum atomic E-state index is 6.05. The van der Waals surface area contributed by atoms with Crippen LogP contribution in [0.3, 0.4) is 0 Å². The summed E-state index contributed by atoms with van der Waals surface area (Å²) in [5.74, 6) is 2.64. The Labute approximate surface area is 333 Å². The number of nitrogens with two attached hydrogens (primary N) is 2. The summed E-state index contributed by atoms with van der Waals surface area (Å²) in [5, 5.41) is 0. The number of benzene rings is 4. The Morgan fingerprint density at radius 3 is 1.66 bits per heavy atom. The summed E-state index contributed by atoms with van der Waals surface area (Å²) in [4.78, 5) is 32.6. The summed E-state index contributed by atoms with van der Waals surface area (Å²) in [7, 11) is -0.321. The average molecular weight is 810 g/mol. The number of hydrogen-bond donors (Lipinski definition) is 4. The van der Waals surface area contributed by atoms with Crippen LogP contribution in [0.25, 0.3) is 55.8 Å². The molecule has 4 aromatic heterocycles. The molecule has 0 unspecified atom stereocenters. The highest BCUT2D eigenvalue weighted by molar-refractivity contribution is 9.10. The number of H-pyrrole nitrogens is 2. The minimum absolute atomic E-state index is 0.309. The number of halogens is 1. The van der Waals surface area contributed by atoms with E-state index in [-0.39, 0.29) is 18.3 Å². The van der Waals surface area contributed by atoms with Crippen LogP contribution >= 0.6 is 15.9 Å². The highest BCUT2D eigenvalue weighted by Gasteiger charge is 2.51. The van der Waals surface area contributed by atoms with Crippen LogP contribution in [0.5, 0.6) is 0 Å². The van der Waals surface area contributed by atoms with Crippen molar-refractivity contribution in [2.45, 2.75) is 52.7 Å². The fourth-order valence-corrected chi connectivity index (χ4v) is 6.56. The number of rotatable bonds is 4. The van der Waals surface area contributed by atoms with Gasteiger partial charge in [0.25, 0.3) is 0 Å². The Balaban J connectivity index is 0.000000133. The minimum atomic E-state index is -0.321. The van der Waals surface area contributed by atoms with Crippen LogP contribution in [-0.2, 0) is 9.31 Å². The number of aryl methyl sites for hydroxylation is 2. The zero-order valence-electron chi connectivity index (χ0n) is 32.0. The van der Waals surface area contributed by atoms with Gasteiger partial charge in [-0.2, -0.15) is 0 Å². The highest BCUT2D eigenvalue weighted by Crippen LogP contribution is 2.37. The molecule has 1 fully saturated rings. The zero-order valence-corrected chi connectivity index (χ0v) is 33.6. The summed E-state index contributed by atoms with van der Waals surface area (Å²) in [5.41, 5.74) is 21.1. The minimum Gasteiger partial charge on any atom is -0.399 e. The van der Waals surface area contributed by atoms with E-state index < -0.39 is 0 Å². The van der Waals surface area contributed by atoms with Crippen molar-refractivity contribution < 1.29 is 9.31 Å². The number of fused-ring (bicyclic) bond motifs is 2. The molecule has 1 aliphatic rings. The van der Waals surface area contributed by atoms with E-state index in [1.165, 1.54) is 6.20 Å². The number of imidazole rings is 2. The molecule has 0 spiro atoms. The largest absolute Gasteiger partial charge is 0.494 e. The SMILES string of the molecule is Cc1nc2ccc(-c3ncc(N)nc3-c3ccccc3)cc2[nH]1.Cc1nc2ccc(B3OC(C)(C)C(C)(C)O3)cc2[nH]1.Nc1cnc(Br)c(-c2ccccc2)n1. The van der Waals surface area contributed by atoms with Crippen molar-refractivity contribution >= 4 is 62.2 Å². The van der Waals surface area contributed by atoms with Gasteiger partial charge in [-0.1, -0.05) is 72.8 Å². The second kappa shape index (κ2) is 15.7. The lowest BCUT2D eigenvalue weighted by Crippen LogP contribution is -2.41. The predicted octanol–water partition coefficient (Wildman–Crippen LogP) is 8.24. The van der Waals surface area contributed by atoms with Crippen LogP contribution < -0.4 is 16.9 Å². The van der Waals surface area contributed by atoms with Crippen molar-refractivity contribution in [1.82, 2.24) is 39.9 Å². The van der Waals surface area contributed by atoms with Crippen LogP contribution in [0, 0.1) is 13.8 Å². The highest BCUT2D eigenvalue weighted by atomic mass is 79.9. The number of aromatic nitrogens is 8. The molecule has 5 heterocycles. The van der Waals surface area contributed by atoms with Crippen LogP contribution in [-0.4, -0.2) is 58.2 Å². The molecule has 0 saturated carbocycles. The Bertz CT molecular complexity index is 2610. The van der Waals surface area contributed by atoms with Gasteiger partial charge in [-0.25, -0.2) is 24.9 Å². The molecule has 1 saturated heterocycles. The molecule has 1 aliphatic heterocycles. The van der Waals surface area contributed by atoms with E-state index in [1.807, 2.05) is 105 Å². The van der Waals surface area contributed by atoms with E-state index in [0.29, 0.717) is 16.2 Å². The van der Waals surface area contributed by atoms with Crippen LogP contribution in [0.1, 0.15) is 39.3 Å². The molecule has 0 amide bonds. The lowest BCUT2D eigenvalue weighted by atomic mass is 9.79. The number of aromatic amines is 2. The molecule has 56 heavy (non-hydrogen) atoms. The first-order valence-electron chi connectivity index (χ1n) is 18.1. The molecule has 0 aliphatic carbocycles.